The van der Waals surface area contributed by atoms with Crippen molar-refractivity contribution in [2.45, 2.75) is 24.8 Å². The number of methoxy groups -OCH3 is 1. The first kappa shape index (κ1) is 15.6. The van der Waals surface area contributed by atoms with Crippen LogP contribution in [0.1, 0.15) is 11.9 Å². The summed E-state index contributed by atoms with van der Waals surface area (Å²) in [6.07, 6.45) is -1.60. The zero-order chi connectivity index (χ0) is 16.7. The van der Waals surface area contributed by atoms with E-state index in [4.69, 9.17) is 24.5 Å². The van der Waals surface area contributed by atoms with Crippen LogP contribution in [-0.4, -0.2) is 38.1 Å². The van der Waals surface area contributed by atoms with Gasteiger partial charge in [0.2, 0.25) is 5.91 Å². The van der Waals surface area contributed by atoms with Crippen molar-refractivity contribution in [1.82, 2.24) is 0 Å². The Hall–Kier alpha value is -1.96. The normalized spacial score (nSPS) is 40.0. The Morgan fingerprint density at radius 2 is 2.08 bits per heavy atom. The molecule has 3 aliphatic rings. The second-order valence-corrected chi connectivity index (χ2v) is 6.16. The summed E-state index contributed by atoms with van der Waals surface area (Å²) < 4.78 is 23.1. The Labute approximate surface area is 138 Å². The van der Waals surface area contributed by atoms with Crippen molar-refractivity contribution < 1.29 is 23.7 Å². The van der Waals surface area contributed by atoms with Crippen molar-refractivity contribution in [3.63, 3.8) is 0 Å². The minimum atomic E-state index is -0.514. The van der Waals surface area contributed by atoms with Crippen LogP contribution in [0.25, 0.3) is 10.4 Å². The van der Waals surface area contributed by atoms with E-state index in [9.17, 15) is 4.79 Å². The van der Waals surface area contributed by atoms with Crippen LogP contribution in [-0.2, 0) is 23.7 Å². The Bertz CT molecular complexity index is 678. The highest BCUT2D eigenvalue weighted by Gasteiger charge is 2.68. The molecule has 0 unspecified atom stereocenters. The van der Waals surface area contributed by atoms with Crippen LogP contribution >= 0.6 is 0 Å². The van der Waals surface area contributed by atoms with Gasteiger partial charge in [0.1, 0.15) is 6.10 Å². The fourth-order valence-corrected chi connectivity index (χ4v) is 3.84. The molecule has 8 heteroatoms. The summed E-state index contributed by atoms with van der Waals surface area (Å²) in [6.45, 7) is 0.357. The van der Waals surface area contributed by atoms with Crippen LogP contribution in [0.3, 0.4) is 0 Å². The molecule has 3 fully saturated rings. The number of hydrogen-bond acceptors (Lipinski definition) is 5. The minimum Gasteiger partial charge on any atom is -0.356 e. The van der Waals surface area contributed by atoms with Gasteiger partial charge in [0, 0.05) is 35.3 Å². The molecule has 0 radical (unpaired) electrons. The molecule has 1 saturated carbocycles. The third-order valence-corrected chi connectivity index (χ3v) is 4.93. The van der Waals surface area contributed by atoms with Crippen LogP contribution in [0.15, 0.2) is 35.4 Å². The Morgan fingerprint density at radius 1 is 1.29 bits per heavy atom. The molecular weight excluding hydrogens is 314 g/mol. The van der Waals surface area contributed by atoms with Gasteiger partial charge in [-0.1, -0.05) is 30.3 Å². The molecule has 1 amide bonds. The second-order valence-electron chi connectivity index (χ2n) is 6.16. The third kappa shape index (κ3) is 2.49. The molecular formula is C16H17N3O5. The van der Waals surface area contributed by atoms with Crippen LogP contribution in [0, 0.1) is 17.8 Å². The summed E-state index contributed by atoms with van der Waals surface area (Å²) in [5.41, 5.74) is 9.43. The highest BCUT2D eigenvalue weighted by atomic mass is 16.7. The van der Waals surface area contributed by atoms with Gasteiger partial charge >= 0.3 is 0 Å². The molecule has 1 aromatic carbocycles. The molecule has 126 valence electrons. The third-order valence-electron chi connectivity index (χ3n) is 4.93. The van der Waals surface area contributed by atoms with Gasteiger partial charge < -0.3 is 18.9 Å². The molecule has 2 aliphatic heterocycles. The van der Waals surface area contributed by atoms with Crippen molar-refractivity contribution >= 4 is 5.91 Å². The average molecular weight is 331 g/mol. The Kier molecular flexibility index (Phi) is 3.99. The molecule has 1 aliphatic carbocycles. The number of benzene rings is 1. The number of nitrogens with zero attached hydrogens (tertiary/aromatic N) is 3. The first-order valence-corrected chi connectivity index (χ1v) is 7.84. The number of fused-ring (bicyclic) bond motifs is 3. The average Bonchev–Trinajstić information content (AvgIpc) is 3.38. The fourth-order valence-electron chi connectivity index (χ4n) is 3.84. The van der Waals surface area contributed by atoms with Gasteiger partial charge in [0.05, 0.1) is 12.7 Å². The van der Waals surface area contributed by atoms with Crippen molar-refractivity contribution in [1.29, 1.82) is 0 Å². The lowest BCUT2D eigenvalue weighted by molar-refractivity contribution is -0.316. The summed E-state index contributed by atoms with van der Waals surface area (Å²) in [4.78, 5) is 14.6. The standard InChI is InChI=1S/C16H17N3O5/c1-21-16-12-10(11(12)14(20)18-19-17)13-9(23-16)7-22-15(24-13)8-5-3-2-4-6-8/h2-6,9-13,15-16H,7H2,1H3/t9-,10-,11+,12-,13-,15+,16+/m1/s1. The first-order chi connectivity index (χ1) is 11.7. The van der Waals surface area contributed by atoms with E-state index in [2.05, 4.69) is 10.0 Å². The summed E-state index contributed by atoms with van der Waals surface area (Å²) in [5.74, 6) is -1.13. The van der Waals surface area contributed by atoms with E-state index in [1.165, 1.54) is 7.11 Å². The highest BCUT2D eigenvalue weighted by Crippen LogP contribution is 2.58. The predicted molar refractivity (Wildman–Crippen MR) is 80.3 cm³/mol. The number of ether oxygens (including phenoxy) is 4. The fraction of sp³-hybridized carbons (Fsp3) is 0.562. The molecule has 0 spiro atoms. The zero-order valence-electron chi connectivity index (χ0n) is 13.0. The Morgan fingerprint density at radius 3 is 2.79 bits per heavy atom. The maximum absolute atomic E-state index is 12.0. The molecule has 24 heavy (non-hydrogen) atoms. The number of hydrogen-bond donors (Lipinski definition) is 0. The van der Waals surface area contributed by atoms with Gasteiger partial charge in [-0.25, -0.2) is 0 Å². The number of azide groups is 1. The van der Waals surface area contributed by atoms with Gasteiger partial charge in [0.15, 0.2) is 12.6 Å². The van der Waals surface area contributed by atoms with Crippen LogP contribution in [0.5, 0.6) is 0 Å². The largest absolute Gasteiger partial charge is 0.356 e. The summed E-state index contributed by atoms with van der Waals surface area (Å²) in [6, 6.07) is 9.62. The maximum Gasteiger partial charge on any atom is 0.222 e. The molecule has 4 rings (SSSR count). The number of carbonyl (C=O) groups is 1. The van der Waals surface area contributed by atoms with E-state index in [-0.39, 0.29) is 24.0 Å². The molecule has 0 aromatic heterocycles. The predicted octanol–water partition coefficient (Wildman–Crippen LogP) is 2.17. The zero-order valence-corrected chi connectivity index (χ0v) is 13.0. The molecule has 0 bridgehead atoms. The molecule has 1 aromatic rings. The van der Waals surface area contributed by atoms with Crippen LogP contribution < -0.4 is 0 Å². The summed E-state index contributed by atoms with van der Waals surface area (Å²) in [7, 11) is 1.53. The van der Waals surface area contributed by atoms with E-state index >= 15 is 0 Å². The minimum absolute atomic E-state index is 0.0817. The molecule has 2 heterocycles. The van der Waals surface area contributed by atoms with E-state index in [0.717, 1.165) is 5.56 Å². The van der Waals surface area contributed by atoms with Crippen LogP contribution in [0.2, 0.25) is 0 Å². The summed E-state index contributed by atoms with van der Waals surface area (Å²) >= 11 is 0. The second kappa shape index (κ2) is 6.16. The Balaban J connectivity index is 1.56. The number of carbonyl (C=O) groups excluding carboxylic acids is 1. The smallest absolute Gasteiger partial charge is 0.222 e. The van der Waals surface area contributed by atoms with Crippen molar-refractivity contribution in [2.24, 2.45) is 22.9 Å². The molecule has 2 saturated heterocycles. The topological polar surface area (TPSA) is 103 Å². The van der Waals surface area contributed by atoms with E-state index in [1.54, 1.807) is 0 Å². The van der Waals surface area contributed by atoms with Gasteiger partial charge in [0.25, 0.3) is 0 Å². The molecule has 7 atom stereocenters. The monoisotopic (exact) mass is 331 g/mol. The lowest BCUT2D eigenvalue weighted by atomic mass is 10.0. The summed E-state index contributed by atoms with van der Waals surface area (Å²) in [5, 5.41) is 3.24. The van der Waals surface area contributed by atoms with Crippen LogP contribution in [0.4, 0.5) is 0 Å². The van der Waals surface area contributed by atoms with Gasteiger partial charge in [-0.2, -0.15) is 0 Å². The highest BCUT2D eigenvalue weighted by molar-refractivity contribution is 5.83. The van der Waals surface area contributed by atoms with Gasteiger partial charge in [-0.05, 0) is 10.6 Å². The van der Waals surface area contributed by atoms with E-state index in [0.29, 0.717) is 6.61 Å². The van der Waals surface area contributed by atoms with Gasteiger partial charge in [-0.3, -0.25) is 4.79 Å². The number of rotatable bonds is 3. The van der Waals surface area contributed by atoms with Crippen molar-refractivity contribution in [3.05, 3.63) is 46.3 Å². The maximum atomic E-state index is 12.0. The quantitative estimate of drug-likeness (QED) is 0.480. The molecule has 8 nitrogen and oxygen atoms in total. The molecule has 0 N–H and O–H groups in total. The van der Waals surface area contributed by atoms with Crippen molar-refractivity contribution in [2.75, 3.05) is 13.7 Å². The van der Waals surface area contributed by atoms with Gasteiger partial charge in [-0.15, -0.1) is 0 Å². The first-order valence-electron chi connectivity index (χ1n) is 7.84. The van der Waals surface area contributed by atoms with Crippen molar-refractivity contribution in [3.8, 4) is 0 Å². The lowest BCUT2D eigenvalue weighted by Gasteiger charge is -2.41. The lowest BCUT2D eigenvalue weighted by Crippen LogP contribution is -2.49. The van der Waals surface area contributed by atoms with E-state index in [1.807, 2.05) is 30.3 Å². The number of amides is 1. The van der Waals surface area contributed by atoms with E-state index < -0.39 is 24.4 Å². The SMILES string of the molecule is CO[C@H]1O[C@@H]2CO[C@H](c3ccccc3)O[C@H]2[C@@H]2[C@H](C(=O)N=[N+]=[N-])[C@H]12.